The van der Waals surface area contributed by atoms with Gasteiger partial charge in [0.1, 0.15) is 0 Å². The highest BCUT2D eigenvalue weighted by atomic mass is 127. The predicted octanol–water partition coefficient (Wildman–Crippen LogP) is 4.85. The Morgan fingerprint density at radius 3 is 2.60 bits per heavy atom. The fraction of sp³-hybridized carbons (Fsp3) is 0.188. The van der Waals surface area contributed by atoms with Gasteiger partial charge in [0, 0.05) is 8.04 Å². The number of halogens is 2. The van der Waals surface area contributed by atoms with E-state index in [0.717, 1.165) is 24.7 Å². The molecule has 2 rings (SSSR count). The monoisotopic (exact) mass is 443 g/mol. The van der Waals surface area contributed by atoms with Crippen LogP contribution >= 0.6 is 38.5 Å². The Kier molecular flexibility index (Phi) is 5.21. The third kappa shape index (κ3) is 3.41. The van der Waals surface area contributed by atoms with Crippen molar-refractivity contribution < 1.29 is 4.79 Å². The number of rotatable bonds is 3. The second-order valence-electron chi connectivity index (χ2n) is 4.65. The summed E-state index contributed by atoms with van der Waals surface area (Å²) in [7, 11) is 0. The third-order valence-corrected chi connectivity index (χ3v) is 5.31. The number of hydrogen-bond acceptors (Lipinski definition) is 1. The maximum absolute atomic E-state index is 12.4. The molecular weight excluding hydrogens is 429 g/mol. The van der Waals surface area contributed by atoms with Crippen LogP contribution in [0.4, 0.5) is 0 Å². The molecule has 0 aliphatic carbocycles. The molecule has 0 aromatic heterocycles. The minimum atomic E-state index is -0.0469. The van der Waals surface area contributed by atoms with Gasteiger partial charge in [-0.25, -0.2) is 0 Å². The average Bonchev–Trinajstić information content (AvgIpc) is 2.42. The van der Waals surface area contributed by atoms with Crippen LogP contribution in [0.1, 0.15) is 34.5 Å². The SMILES string of the molecule is Cc1cccc(C(=O)NC(C)c2ccccc2Br)c1I. The van der Waals surface area contributed by atoms with Gasteiger partial charge in [0.15, 0.2) is 0 Å². The Bertz CT molecular complexity index is 642. The van der Waals surface area contributed by atoms with Crippen molar-refractivity contribution in [2.45, 2.75) is 19.9 Å². The van der Waals surface area contributed by atoms with Crippen molar-refractivity contribution in [2.24, 2.45) is 0 Å². The Balaban J connectivity index is 2.20. The lowest BCUT2D eigenvalue weighted by Gasteiger charge is -2.16. The molecule has 0 aliphatic rings. The first kappa shape index (κ1) is 15.5. The van der Waals surface area contributed by atoms with Crippen LogP contribution in [-0.2, 0) is 0 Å². The summed E-state index contributed by atoms with van der Waals surface area (Å²) in [6.07, 6.45) is 0. The molecule has 104 valence electrons. The van der Waals surface area contributed by atoms with E-state index in [0.29, 0.717) is 0 Å². The number of nitrogens with one attached hydrogen (secondary N) is 1. The number of benzene rings is 2. The third-order valence-electron chi connectivity index (χ3n) is 3.16. The zero-order valence-electron chi connectivity index (χ0n) is 11.3. The lowest BCUT2D eigenvalue weighted by atomic mass is 10.1. The molecule has 20 heavy (non-hydrogen) atoms. The maximum Gasteiger partial charge on any atom is 0.252 e. The molecule has 0 saturated heterocycles. The Labute approximate surface area is 141 Å². The van der Waals surface area contributed by atoms with Crippen molar-refractivity contribution >= 4 is 44.4 Å². The highest BCUT2D eigenvalue weighted by Gasteiger charge is 2.15. The zero-order valence-corrected chi connectivity index (χ0v) is 15.0. The first-order valence-corrected chi connectivity index (χ1v) is 8.18. The van der Waals surface area contributed by atoms with Gasteiger partial charge in [-0.1, -0.05) is 46.3 Å². The van der Waals surface area contributed by atoms with Crippen LogP contribution in [0.25, 0.3) is 0 Å². The molecule has 1 atom stereocenters. The largest absolute Gasteiger partial charge is 0.345 e. The van der Waals surface area contributed by atoms with Gasteiger partial charge in [0.05, 0.1) is 11.6 Å². The summed E-state index contributed by atoms with van der Waals surface area (Å²) in [5.74, 6) is -0.0404. The van der Waals surface area contributed by atoms with E-state index in [2.05, 4.69) is 43.8 Å². The molecule has 2 aromatic carbocycles. The van der Waals surface area contributed by atoms with Gasteiger partial charge < -0.3 is 5.32 Å². The summed E-state index contributed by atoms with van der Waals surface area (Å²) in [4.78, 5) is 12.4. The number of carbonyl (C=O) groups is 1. The van der Waals surface area contributed by atoms with Gasteiger partial charge in [0.2, 0.25) is 0 Å². The van der Waals surface area contributed by atoms with E-state index >= 15 is 0 Å². The minimum absolute atomic E-state index is 0.0404. The van der Waals surface area contributed by atoms with Gasteiger partial charge in [-0.3, -0.25) is 4.79 Å². The summed E-state index contributed by atoms with van der Waals surface area (Å²) < 4.78 is 2.01. The summed E-state index contributed by atoms with van der Waals surface area (Å²) in [6, 6.07) is 13.7. The minimum Gasteiger partial charge on any atom is -0.345 e. The molecule has 0 aliphatic heterocycles. The highest BCUT2D eigenvalue weighted by Crippen LogP contribution is 2.24. The molecule has 1 amide bonds. The lowest BCUT2D eigenvalue weighted by molar-refractivity contribution is 0.0939. The fourth-order valence-electron chi connectivity index (χ4n) is 2.00. The van der Waals surface area contributed by atoms with Crippen LogP contribution in [0.2, 0.25) is 0 Å². The maximum atomic E-state index is 12.4. The number of amides is 1. The highest BCUT2D eigenvalue weighted by molar-refractivity contribution is 14.1. The van der Waals surface area contributed by atoms with Crippen molar-refractivity contribution in [1.82, 2.24) is 5.32 Å². The van der Waals surface area contributed by atoms with Crippen LogP contribution in [0, 0.1) is 10.5 Å². The van der Waals surface area contributed by atoms with Crippen molar-refractivity contribution in [3.8, 4) is 0 Å². The Hall–Kier alpha value is -0.880. The van der Waals surface area contributed by atoms with E-state index in [1.54, 1.807) is 0 Å². The van der Waals surface area contributed by atoms with Crippen LogP contribution in [0.3, 0.4) is 0 Å². The van der Waals surface area contributed by atoms with E-state index in [1.807, 2.05) is 56.3 Å². The van der Waals surface area contributed by atoms with E-state index in [1.165, 1.54) is 0 Å². The first-order valence-electron chi connectivity index (χ1n) is 6.31. The van der Waals surface area contributed by atoms with Crippen molar-refractivity contribution in [2.75, 3.05) is 0 Å². The lowest BCUT2D eigenvalue weighted by Crippen LogP contribution is -2.27. The summed E-state index contributed by atoms with van der Waals surface area (Å²) in [6.45, 7) is 4.00. The summed E-state index contributed by atoms with van der Waals surface area (Å²) in [5, 5.41) is 3.05. The zero-order chi connectivity index (χ0) is 14.7. The van der Waals surface area contributed by atoms with Crippen LogP contribution in [0.5, 0.6) is 0 Å². The standard InChI is InChI=1S/C16H15BrINO/c1-10-6-5-8-13(15(10)18)16(20)19-11(2)12-7-3-4-9-14(12)17/h3-9,11H,1-2H3,(H,19,20). The molecular formula is C16H15BrINO. The smallest absolute Gasteiger partial charge is 0.252 e. The molecule has 0 heterocycles. The Morgan fingerprint density at radius 2 is 1.90 bits per heavy atom. The molecule has 2 nitrogen and oxygen atoms in total. The average molecular weight is 444 g/mol. The fourth-order valence-corrected chi connectivity index (χ4v) is 3.23. The van der Waals surface area contributed by atoms with E-state index in [4.69, 9.17) is 0 Å². The van der Waals surface area contributed by atoms with E-state index < -0.39 is 0 Å². The van der Waals surface area contributed by atoms with Crippen LogP contribution in [-0.4, -0.2) is 5.91 Å². The number of aryl methyl sites for hydroxylation is 1. The molecule has 2 aromatic rings. The molecule has 1 unspecified atom stereocenters. The molecule has 1 N–H and O–H groups in total. The predicted molar refractivity (Wildman–Crippen MR) is 93.9 cm³/mol. The van der Waals surface area contributed by atoms with Gasteiger partial charge in [-0.15, -0.1) is 0 Å². The second kappa shape index (κ2) is 6.72. The van der Waals surface area contributed by atoms with Crippen LogP contribution < -0.4 is 5.32 Å². The molecule has 0 spiro atoms. The number of carbonyl (C=O) groups excluding carboxylic acids is 1. The van der Waals surface area contributed by atoms with Gasteiger partial charge in [-0.05, 0) is 59.7 Å². The van der Waals surface area contributed by atoms with Crippen molar-refractivity contribution in [3.63, 3.8) is 0 Å². The molecule has 0 fully saturated rings. The normalized spacial score (nSPS) is 12.0. The van der Waals surface area contributed by atoms with E-state index in [9.17, 15) is 4.79 Å². The van der Waals surface area contributed by atoms with Crippen molar-refractivity contribution in [3.05, 3.63) is 67.2 Å². The summed E-state index contributed by atoms with van der Waals surface area (Å²) in [5.41, 5.74) is 2.92. The molecule has 0 bridgehead atoms. The summed E-state index contributed by atoms with van der Waals surface area (Å²) >= 11 is 5.73. The topological polar surface area (TPSA) is 29.1 Å². The molecule has 0 saturated carbocycles. The molecule has 4 heteroatoms. The molecule has 0 radical (unpaired) electrons. The number of hydrogen-bond donors (Lipinski definition) is 1. The quantitative estimate of drug-likeness (QED) is 0.674. The van der Waals surface area contributed by atoms with Gasteiger partial charge in [-0.2, -0.15) is 0 Å². The second-order valence-corrected chi connectivity index (χ2v) is 6.59. The Morgan fingerprint density at radius 1 is 1.20 bits per heavy atom. The first-order chi connectivity index (χ1) is 9.50. The van der Waals surface area contributed by atoms with Crippen LogP contribution in [0.15, 0.2) is 46.9 Å². The van der Waals surface area contributed by atoms with Gasteiger partial charge in [0.25, 0.3) is 5.91 Å². The van der Waals surface area contributed by atoms with Gasteiger partial charge >= 0.3 is 0 Å². The van der Waals surface area contributed by atoms with E-state index in [-0.39, 0.29) is 11.9 Å². The van der Waals surface area contributed by atoms with Crippen molar-refractivity contribution in [1.29, 1.82) is 0 Å².